The van der Waals surface area contributed by atoms with Crippen LogP contribution in [0.2, 0.25) is 0 Å². The molecule has 2 atom stereocenters. The minimum Gasteiger partial charge on any atom is -0.477 e. The van der Waals surface area contributed by atoms with Crippen LogP contribution in [0, 0.1) is 0 Å². The SMILES string of the molecule is CCCCCC/C=C\C/C=C\CCCCCCCCCC(=O)OC(COCCC(C(=O)O)[N+](C)(C)C)COC(=O)CCCCCCCCCCC. The van der Waals surface area contributed by atoms with Crippen molar-refractivity contribution in [3.63, 3.8) is 0 Å². The van der Waals surface area contributed by atoms with Crippen molar-refractivity contribution in [2.45, 2.75) is 193 Å². The van der Waals surface area contributed by atoms with Crippen molar-refractivity contribution in [3.05, 3.63) is 24.3 Å². The number of quaternary nitrogens is 1. The van der Waals surface area contributed by atoms with Gasteiger partial charge in [-0.25, -0.2) is 4.79 Å². The van der Waals surface area contributed by atoms with E-state index in [1.807, 2.05) is 21.1 Å². The van der Waals surface area contributed by atoms with E-state index in [1.54, 1.807) is 0 Å². The lowest BCUT2D eigenvalue weighted by Gasteiger charge is -2.31. The molecule has 0 radical (unpaired) electrons. The van der Waals surface area contributed by atoms with E-state index in [1.165, 1.54) is 96.3 Å². The monoisotopic (exact) mass is 723 g/mol. The summed E-state index contributed by atoms with van der Waals surface area (Å²) in [4.78, 5) is 36.8. The van der Waals surface area contributed by atoms with Gasteiger partial charge < -0.3 is 23.8 Å². The van der Waals surface area contributed by atoms with Crippen molar-refractivity contribution in [1.29, 1.82) is 0 Å². The number of ether oxygens (including phenoxy) is 3. The highest BCUT2D eigenvalue weighted by atomic mass is 16.6. The van der Waals surface area contributed by atoms with Gasteiger partial charge in [-0.2, -0.15) is 0 Å². The molecule has 0 bridgehead atoms. The summed E-state index contributed by atoms with van der Waals surface area (Å²) >= 11 is 0. The molecule has 0 aromatic carbocycles. The largest absolute Gasteiger partial charge is 0.477 e. The van der Waals surface area contributed by atoms with Crippen LogP contribution in [0.3, 0.4) is 0 Å². The number of hydrogen-bond donors (Lipinski definition) is 1. The van der Waals surface area contributed by atoms with Gasteiger partial charge >= 0.3 is 17.9 Å². The lowest BCUT2D eigenvalue weighted by atomic mass is 10.1. The van der Waals surface area contributed by atoms with Gasteiger partial charge in [0.2, 0.25) is 0 Å². The number of allylic oxidation sites excluding steroid dienone is 4. The number of aliphatic carboxylic acids is 1. The van der Waals surface area contributed by atoms with E-state index in [0.29, 0.717) is 19.3 Å². The first-order valence-electron chi connectivity index (χ1n) is 20.9. The van der Waals surface area contributed by atoms with Gasteiger partial charge in [0.1, 0.15) is 6.61 Å². The fourth-order valence-electron chi connectivity index (χ4n) is 6.06. The summed E-state index contributed by atoms with van der Waals surface area (Å²) in [5.41, 5.74) is 0. The number of hydrogen-bond acceptors (Lipinski definition) is 6. The maximum atomic E-state index is 12.7. The van der Waals surface area contributed by atoms with E-state index in [-0.39, 0.29) is 36.2 Å². The maximum Gasteiger partial charge on any atom is 0.362 e. The minimum absolute atomic E-state index is 0.0509. The lowest BCUT2D eigenvalue weighted by molar-refractivity contribution is -0.887. The van der Waals surface area contributed by atoms with E-state index in [9.17, 15) is 19.5 Å². The Hall–Kier alpha value is -2.19. The number of nitrogens with zero attached hydrogens (tertiary/aromatic N) is 1. The lowest BCUT2D eigenvalue weighted by Crippen LogP contribution is -2.50. The highest BCUT2D eigenvalue weighted by Gasteiger charge is 2.31. The Morgan fingerprint density at radius 3 is 1.53 bits per heavy atom. The van der Waals surface area contributed by atoms with Crippen LogP contribution in [-0.2, 0) is 28.6 Å². The molecule has 0 aromatic rings. The molecule has 0 saturated heterocycles. The van der Waals surface area contributed by atoms with E-state index >= 15 is 0 Å². The van der Waals surface area contributed by atoms with Crippen molar-refractivity contribution in [2.75, 3.05) is 41.0 Å². The fourth-order valence-corrected chi connectivity index (χ4v) is 6.06. The van der Waals surface area contributed by atoms with Crippen LogP contribution in [0.25, 0.3) is 0 Å². The Kier molecular flexibility index (Phi) is 33.4. The summed E-state index contributed by atoms with van der Waals surface area (Å²) in [6, 6.07) is -0.612. The second kappa shape index (κ2) is 34.9. The molecule has 0 rings (SSSR count). The number of unbranched alkanes of at least 4 members (excludes halogenated alkanes) is 19. The second-order valence-electron chi connectivity index (χ2n) is 15.2. The number of likely N-dealkylation sites (N-methyl/N-ethyl adjacent to an activating group) is 1. The average molecular weight is 723 g/mol. The summed E-state index contributed by atoms with van der Waals surface area (Å²) in [7, 11) is 5.52. The highest BCUT2D eigenvalue weighted by molar-refractivity contribution is 5.72. The molecule has 0 amide bonds. The molecular formula is C43H80NO7+. The van der Waals surface area contributed by atoms with Gasteiger partial charge in [0.25, 0.3) is 0 Å². The molecule has 2 unspecified atom stereocenters. The molecule has 0 saturated carbocycles. The van der Waals surface area contributed by atoms with Gasteiger partial charge in [-0.05, 0) is 44.9 Å². The number of carboxylic acid groups (broad SMARTS) is 1. The molecular weight excluding hydrogens is 642 g/mol. The van der Waals surface area contributed by atoms with E-state index < -0.39 is 18.1 Å². The Morgan fingerprint density at radius 2 is 1.04 bits per heavy atom. The number of carbonyl (C=O) groups excluding carboxylic acids is 2. The molecule has 0 fully saturated rings. The third-order valence-corrected chi connectivity index (χ3v) is 9.35. The Morgan fingerprint density at radius 1 is 0.588 bits per heavy atom. The van der Waals surface area contributed by atoms with Gasteiger partial charge in [-0.15, -0.1) is 0 Å². The third-order valence-electron chi connectivity index (χ3n) is 9.35. The number of carboxylic acids is 1. The summed E-state index contributed by atoms with van der Waals surface area (Å²) in [5, 5.41) is 9.59. The van der Waals surface area contributed by atoms with Gasteiger partial charge in [0.15, 0.2) is 12.1 Å². The highest BCUT2D eigenvalue weighted by Crippen LogP contribution is 2.14. The van der Waals surface area contributed by atoms with Crippen molar-refractivity contribution in [1.82, 2.24) is 0 Å². The predicted molar refractivity (Wildman–Crippen MR) is 211 cm³/mol. The van der Waals surface area contributed by atoms with Crippen molar-refractivity contribution >= 4 is 17.9 Å². The standard InChI is InChI=1S/C43H79NO7/c1-6-8-10-12-14-16-17-18-19-20-21-22-23-24-26-28-30-32-34-42(46)51-39(37-49-36-35-40(43(47)48)44(3,4)5)38-50-41(45)33-31-29-27-25-15-13-11-9-7-2/h16-17,19-20,39-40H,6-15,18,21-38H2,1-5H3/p+1/b17-16-,20-19-. The Bertz CT molecular complexity index is 895. The normalized spacial score (nSPS) is 13.2. The molecule has 0 heterocycles. The number of rotatable bonds is 37. The maximum absolute atomic E-state index is 12.7. The van der Waals surface area contributed by atoms with Gasteiger partial charge in [0.05, 0.1) is 34.4 Å². The van der Waals surface area contributed by atoms with E-state index in [0.717, 1.165) is 51.4 Å². The van der Waals surface area contributed by atoms with E-state index in [2.05, 4.69) is 38.2 Å². The first-order chi connectivity index (χ1) is 24.6. The molecule has 51 heavy (non-hydrogen) atoms. The quantitative estimate of drug-likeness (QED) is 0.0295. The van der Waals surface area contributed by atoms with Crippen molar-refractivity contribution < 1.29 is 38.2 Å². The summed E-state index contributed by atoms with van der Waals surface area (Å²) in [5.74, 6) is -1.48. The molecule has 8 heteroatoms. The number of carbonyl (C=O) groups is 3. The van der Waals surface area contributed by atoms with Crippen LogP contribution in [0.15, 0.2) is 24.3 Å². The topological polar surface area (TPSA) is 99.1 Å². The smallest absolute Gasteiger partial charge is 0.362 e. The van der Waals surface area contributed by atoms with Crippen LogP contribution >= 0.6 is 0 Å². The summed E-state index contributed by atoms with van der Waals surface area (Å²) in [6.45, 7) is 4.69. The molecule has 0 aliphatic heterocycles. The van der Waals surface area contributed by atoms with Crippen LogP contribution in [0.1, 0.15) is 181 Å². The third kappa shape index (κ3) is 33.4. The number of esters is 2. The van der Waals surface area contributed by atoms with E-state index in [4.69, 9.17) is 14.2 Å². The Balaban J connectivity index is 4.33. The van der Waals surface area contributed by atoms with Crippen molar-refractivity contribution in [3.8, 4) is 0 Å². The predicted octanol–water partition coefficient (Wildman–Crippen LogP) is 10.9. The molecule has 0 spiro atoms. The van der Waals surface area contributed by atoms with Gasteiger partial charge in [-0.3, -0.25) is 9.59 Å². The minimum atomic E-state index is -0.876. The average Bonchev–Trinajstić information content (AvgIpc) is 3.08. The Labute approximate surface area is 313 Å². The molecule has 1 N–H and O–H groups in total. The molecule has 298 valence electrons. The summed E-state index contributed by atoms with van der Waals surface area (Å²) < 4.78 is 17.2. The first kappa shape index (κ1) is 48.8. The van der Waals surface area contributed by atoms with Crippen LogP contribution < -0.4 is 0 Å². The van der Waals surface area contributed by atoms with Gasteiger partial charge in [-0.1, -0.05) is 141 Å². The zero-order valence-electron chi connectivity index (χ0n) is 33.8. The van der Waals surface area contributed by atoms with Gasteiger partial charge in [0, 0.05) is 19.3 Å². The second-order valence-corrected chi connectivity index (χ2v) is 15.2. The molecule has 0 aliphatic rings. The summed E-state index contributed by atoms with van der Waals surface area (Å²) in [6.07, 6.45) is 36.5. The zero-order valence-corrected chi connectivity index (χ0v) is 33.8. The first-order valence-corrected chi connectivity index (χ1v) is 20.9. The molecule has 8 nitrogen and oxygen atoms in total. The zero-order chi connectivity index (χ0) is 37.8. The molecule has 0 aliphatic carbocycles. The van der Waals surface area contributed by atoms with Crippen LogP contribution in [0.5, 0.6) is 0 Å². The molecule has 0 aromatic heterocycles. The fraction of sp³-hybridized carbons (Fsp3) is 0.837. The van der Waals surface area contributed by atoms with Crippen LogP contribution in [0.4, 0.5) is 0 Å². The van der Waals surface area contributed by atoms with Crippen molar-refractivity contribution in [2.24, 2.45) is 0 Å². The van der Waals surface area contributed by atoms with Crippen LogP contribution in [-0.4, -0.2) is 80.6 Å².